The van der Waals surface area contributed by atoms with Crippen molar-refractivity contribution in [2.24, 2.45) is 0 Å². The number of amides is 2. The van der Waals surface area contributed by atoms with Crippen LogP contribution in [0.2, 0.25) is 0 Å². The third-order valence-corrected chi connectivity index (χ3v) is 3.52. The molecule has 1 heterocycles. The Morgan fingerprint density at radius 3 is 2.53 bits per heavy atom. The summed E-state index contributed by atoms with van der Waals surface area (Å²) in [6.45, 7) is 0. The first-order valence-corrected chi connectivity index (χ1v) is 7.10. The maximum atomic E-state index is 11.2. The molecule has 7 heteroatoms. The van der Waals surface area contributed by atoms with Gasteiger partial charge in [0.1, 0.15) is 0 Å². The van der Waals surface area contributed by atoms with Crippen LogP contribution in [0.25, 0.3) is 0 Å². The first-order chi connectivity index (χ1) is 7.15. The van der Waals surface area contributed by atoms with E-state index in [1.54, 1.807) is 10.8 Å². The van der Waals surface area contributed by atoms with E-state index < -0.39 is 17.8 Å². The fourth-order valence-electron chi connectivity index (χ4n) is 1.01. The Hall–Kier alpha value is -0.690. The molecule has 5 nitrogen and oxygen atoms in total. The molecule has 0 bridgehead atoms. The van der Waals surface area contributed by atoms with Crippen LogP contribution >= 0.6 is 21.6 Å². The molecule has 1 fully saturated rings. The van der Waals surface area contributed by atoms with Gasteiger partial charge in [0.15, 0.2) is 0 Å². The zero-order valence-electron chi connectivity index (χ0n) is 8.23. The third kappa shape index (κ3) is 3.75. The fourth-order valence-corrected chi connectivity index (χ4v) is 2.18. The van der Waals surface area contributed by atoms with Gasteiger partial charge in [0.05, 0.1) is 6.42 Å². The molecule has 0 spiro atoms. The van der Waals surface area contributed by atoms with Crippen molar-refractivity contribution < 1.29 is 19.2 Å². The van der Waals surface area contributed by atoms with Crippen LogP contribution in [0.1, 0.15) is 19.3 Å². The first kappa shape index (κ1) is 12.4. The number of hydrogen-bond acceptors (Lipinski definition) is 6. The number of carbonyl (C=O) groups excluding carboxylic acids is 3. The SMILES string of the molecule is CSSCCC(=O)ON1C(=O)CCC1=O. The molecular weight excluding hydrogens is 238 g/mol. The highest BCUT2D eigenvalue weighted by Gasteiger charge is 2.32. The van der Waals surface area contributed by atoms with Crippen LogP contribution in [0.15, 0.2) is 0 Å². The standard InChI is InChI=1S/C8H11NO4S2/c1-14-15-5-4-8(12)13-9-6(10)2-3-7(9)11/h2-5H2,1H3. The van der Waals surface area contributed by atoms with Gasteiger partial charge in [0.2, 0.25) is 0 Å². The van der Waals surface area contributed by atoms with Crippen LogP contribution in [0.4, 0.5) is 0 Å². The summed E-state index contributed by atoms with van der Waals surface area (Å²) < 4.78 is 0. The van der Waals surface area contributed by atoms with Crippen molar-refractivity contribution in [2.75, 3.05) is 12.0 Å². The van der Waals surface area contributed by atoms with Gasteiger partial charge in [-0.3, -0.25) is 9.59 Å². The van der Waals surface area contributed by atoms with Gasteiger partial charge in [-0.15, -0.1) is 5.06 Å². The van der Waals surface area contributed by atoms with Gasteiger partial charge in [-0.25, -0.2) is 4.79 Å². The molecule has 0 aromatic heterocycles. The Kier molecular flexibility index (Phi) is 4.97. The summed E-state index contributed by atoms with van der Waals surface area (Å²) in [6.07, 6.45) is 2.36. The van der Waals surface area contributed by atoms with Gasteiger partial charge >= 0.3 is 5.97 Å². The number of hydrogen-bond donors (Lipinski definition) is 0. The van der Waals surface area contributed by atoms with Crippen LogP contribution in [-0.4, -0.2) is 34.9 Å². The summed E-state index contributed by atoms with van der Waals surface area (Å²) in [7, 11) is 3.07. The predicted octanol–water partition coefficient (Wildman–Crippen LogP) is 0.995. The molecule has 0 N–H and O–H groups in total. The lowest BCUT2D eigenvalue weighted by Gasteiger charge is -2.11. The highest BCUT2D eigenvalue weighted by atomic mass is 33.1. The molecule has 2 amide bonds. The third-order valence-electron chi connectivity index (χ3n) is 1.71. The van der Waals surface area contributed by atoms with E-state index in [4.69, 9.17) is 0 Å². The molecule has 0 aromatic carbocycles. The smallest absolute Gasteiger partial charge is 0.330 e. The maximum Gasteiger partial charge on any atom is 0.334 e. The Morgan fingerprint density at radius 1 is 1.40 bits per heavy atom. The number of carbonyl (C=O) groups is 3. The van der Waals surface area contributed by atoms with Crippen LogP contribution in [0.5, 0.6) is 0 Å². The van der Waals surface area contributed by atoms with Crippen LogP contribution in [0.3, 0.4) is 0 Å². The van der Waals surface area contributed by atoms with Gasteiger partial charge in [-0.05, 0) is 6.26 Å². The summed E-state index contributed by atoms with van der Waals surface area (Å²) in [4.78, 5) is 38.0. The van der Waals surface area contributed by atoms with Crippen LogP contribution in [-0.2, 0) is 19.2 Å². The number of hydroxylamine groups is 2. The van der Waals surface area contributed by atoms with Crippen molar-refractivity contribution in [1.29, 1.82) is 0 Å². The molecule has 84 valence electrons. The summed E-state index contributed by atoms with van der Waals surface area (Å²) in [5, 5.41) is 0.575. The summed E-state index contributed by atoms with van der Waals surface area (Å²) in [5.74, 6) is -0.812. The highest BCUT2D eigenvalue weighted by molar-refractivity contribution is 8.76. The summed E-state index contributed by atoms with van der Waals surface area (Å²) in [5.41, 5.74) is 0. The van der Waals surface area contributed by atoms with Crippen molar-refractivity contribution in [3.05, 3.63) is 0 Å². The lowest BCUT2D eigenvalue weighted by Crippen LogP contribution is -2.32. The maximum absolute atomic E-state index is 11.2. The highest BCUT2D eigenvalue weighted by Crippen LogP contribution is 2.18. The minimum Gasteiger partial charge on any atom is -0.330 e. The van der Waals surface area contributed by atoms with Crippen molar-refractivity contribution in [3.63, 3.8) is 0 Å². The van der Waals surface area contributed by atoms with E-state index in [1.807, 2.05) is 6.26 Å². The second kappa shape index (κ2) is 6.02. The summed E-state index contributed by atoms with van der Waals surface area (Å²) in [6, 6.07) is 0. The lowest BCUT2D eigenvalue weighted by atomic mass is 10.4. The Bertz CT molecular complexity index is 266. The van der Waals surface area contributed by atoms with E-state index in [2.05, 4.69) is 4.84 Å². The number of imide groups is 1. The largest absolute Gasteiger partial charge is 0.334 e. The normalized spacial score (nSPS) is 15.9. The van der Waals surface area contributed by atoms with E-state index in [1.165, 1.54) is 10.8 Å². The first-order valence-electron chi connectivity index (χ1n) is 4.37. The fraction of sp³-hybridized carbons (Fsp3) is 0.625. The van der Waals surface area contributed by atoms with E-state index in [9.17, 15) is 14.4 Å². The Balaban J connectivity index is 2.31. The number of rotatable bonds is 5. The molecule has 0 radical (unpaired) electrons. The van der Waals surface area contributed by atoms with Crippen LogP contribution < -0.4 is 0 Å². The zero-order valence-corrected chi connectivity index (χ0v) is 9.86. The van der Waals surface area contributed by atoms with Gasteiger partial charge in [0, 0.05) is 18.6 Å². The average molecular weight is 249 g/mol. The molecule has 1 aliphatic heterocycles. The van der Waals surface area contributed by atoms with Crippen molar-refractivity contribution >= 4 is 39.4 Å². The monoisotopic (exact) mass is 249 g/mol. The van der Waals surface area contributed by atoms with E-state index in [0.29, 0.717) is 10.8 Å². The van der Waals surface area contributed by atoms with Gasteiger partial charge < -0.3 is 4.84 Å². The predicted molar refractivity (Wildman–Crippen MR) is 57.8 cm³/mol. The van der Waals surface area contributed by atoms with Crippen molar-refractivity contribution in [2.45, 2.75) is 19.3 Å². The Labute approximate surface area is 95.2 Å². The van der Waals surface area contributed by atoms with Gasteiger partial charge in [-0.1, -0.05) is 21.6 Å². The number of nitrogens with zero attached hydrogens (tertiary/aromatic N) is 1. The molecule has 1 rings (SSSR count). The zero-order chi connectivity index (χ0) is 11.3. The minimum atomic E-state index is -0.542. The minimum absolute atomic E-state index is 0.131. The second-order valence-electron chi connectivity index (χ2n) is 2.78. The molecule has 0 aliphatic carbocycles. The molecule has 1 saturated heterocycles. The molecule has 1 aliphatic rings. The van der Waals surface area contributed by atoms with Crippen molar-refractivity contribution in [3.8, 4) is 0 Å². The second-order valence-corrected chi connectivity index (χ2v) is 5.47. The molecule has 0 aromatic rings. The quantitative estimate of drug-likeness (QED) is 0.411. The van der Waals surface area contributed by atoms with E-state index in [0.717, 1.165) is 0 Å². The molecular formula is C8H11NO4S2. The van der Waals surface area contributed by atoms with Gasteiger partial charge in [-0.2, -0.15) is 0 Å². The molecule has 0 atom stereocenters. The Morgan fingerprint density at radius 2 is 2.00 bits per heavy atom. The van der Waals surface area contributed by atoms with E-state index in [-0.39, 0.29) is 19.3 Å². The average Bonchev–Trinajstić information content (AvgIpc) is 2.50. The van der Waals surface area contributed by atoms with Crippen LogP contribution in [0, 0.1) is 0 Å². The van der Waals surface area contributed by atoms with E-state index >= 15 is 0 Å². The summed E-state index contributed by atoms with van der Waals surface area (Å²) >= 11 is 0. The topological polar surface area (TPSA) is 63.7 Å². The van der Waals surface area contributed by atoms with Crippen molar-refractivity contribution in [1.82, 2.24) is 5.06 Å². The molecule has 15 heavy (non-hydrogen) atoms. The molecule has 0 saturated carbocycles. The lowest BCUT2D eigenvalue weighted by molar-refractivity contribution is -0.197. The molecule has 0 unspecified atom stereocenters. The van der Waals surface area contributed by atoms with Gasteiger partial charge in [0.25, 0.3) is 11.8 Å².